The van der Waals surface area contributed by atoms with Crippen molar-refractivity contribution >= 4 is 18.0 Å². The Balaban J connectivity index is 1.64. The number of piperazine rings is 1. The van der Waals surface area contributed by atoms with Gasteiger partial charge in [0.1, 0.15) is 5.60 Å². The molecule has 1 aliphatic rings. The van der Waals surface area contributed by atoms with Gasteiger partial charge in [0.05, 0.1) is 31.2 Å². The monoisotopic (exact) mass is 513 g/mol. The fourth-order valence-corrected chi connectivity index (χ4v) is 4.45. The van der Waals surface area contributed by atoms with Gasteiger partial charge in [0.15, 0.2) is 0 Å². The molecule has 10 nitrogen and oxygen atoms in total. The Morgan fingerprint density at radius 2 is 1.70 bits per heavy atom. The lowest BCUT2D eigenvalue weighted by Gasteiger charge is -2.40. The molecule has 2 heterocycles. The van der Waals surface area contributed by atoms with Crippen LogP contribution in [0.3, 0.4) is 0 Å². The first-order chi connectivity index (χ1) is 17.4. The predicted molar refractivity (Wildman–Crippen MR) is 140 cm³/mol. The number of nitrogens with zero attached hydrogens (tertiary/aromatic N) is 5. The van der Waals surface area contributed by atoms with Crippen molar-refractivity contribution in [3.8, 4) is 0 Å². The van der Waals surface area contributed by atoms with Crippen molar-refractivity contribution < 1.29 is 24.5 Å². The summed E-state index contributed by atoms with van der Waals surface area (Å²) >= 11 is 0. The van der Waals surface area contributed by atoms with Gasteiger partial charge < -0.3 is 19.8 Å². The van der Waals surface area contributed by atoms with Crippen molar-refractivity contribution in [1.82, 2.24) is 19.8 Å². The summed E-state index contributed by atoms with van der Waals surface area (Å²) in [5, 5.41) is 19.9. The van der Waals surface area contributed by atoms with Crippen molar-refractivity contribution in [2.45, 2.75) is 71.3 Å². The molecule has 37 heavy (non-hydrogen) atoms. The van der Waals surface area contributed by atoms with Crippen molar-refractivity contribution in [2.75, 3.05) is 31.1 Å². The van der Waals surface area contributed by atoms with Crippen LogP contribution in [0.1, 0.15) is 52.2 Å². The molecule has 1 amide bonds. The summed E-state index contributed by atoms with van der Waals surface area (Å²) in [7, 11) is 0. The summed E-state index contributed by atoms with van der Waals surface area (Å²) in [6.07, 6.45) is 1.98. The van der Waals surface area contributed by atoms with Crippen LogP contribution in [0.15, 0.2) is 42.7 Å². The molecular weight excluding hydrogens is 474 g/mol. The number of hydrogen-bond acceptors (Lipinski definition) is 8. The van der Waals surface area contributed by atoms with Gasteiger partial charge in [0.25, 0.3) is 0 Å². The number of aliphatic hydroxyl groups excluding tert-OH is 1. The lowest BCUT2D eigenvalue weighted by Crippen LogP contribution is -2.55. The van der Waals surface area contributed by atoms with Crippen molar-refractivity contribution in [1.29, 1.82) is 0 Å². The smallest absolute Gasteiger partial charge is 0.408 e. The fraction of sp³-hybridized carbons (Fsp3) is 0.556. The van der Waals surface area contributed by atoms with E-state index >= 15 is 0 Å². The van der Waals surface area contributed by atoms with Crippen molar-refractivity contribution in [3.05, 3.63) is 53.9 Å². The molecule has 10 heteroatoms. The Labute approximate surface area is 218 Å². The van der Waals surface area contributed by atoms with Crippen LogP contribution < -0.4 is 4.90 Å². The molecule has 1 aliphatic heterocycles. The molecule has 0 bridgehead atoms. The second kappa shape index (κ2) is 11.9. The van der Waals surface area contributed by atoms with Gasteiger partial charge in [0, 0.05) is 44.1 Å². The van der Waals surface area contributed by atoms with Gasteiger partial charge in [-0.2, -0.15) is 0 Å². The third-order valence-electron chi connectivity index (χ3n) is 6.27. The van der Waals surface area contributed by atoms with Gasteiger partial charge in [-0.1, -0.05) is 30.3 Å². The Bertz CT molecular complexity index is 1040. The average molecular weight is 514 g/mol. The maximum absolute atomic E-state index is 12.4. The summed E-state index contributed by atoms with van der Waals surface area (Å²) in [6, 6.07) is 10.1. The lowest BCUT2D eigenvalue weighted by atomic mass is 9.97. The predicted octanol–water partition coefficient (Wildman–Crippen LogP) is 3.15. The third-order valence-corrected chi connectivity index (χ3v) is 6.27. The normalized spacial score (nSPS) is 16.9. The number of carboxylic acid groups (broad SMARTS) is 1. The number of amides is 1. The van der Waals surface area contributed by atoms with Crippen LogP contribution in [0.5, 0.6) is 0 Å². The summed E-state index contributed by atoms with van der Waals surface area (Å²) in [5.74, 6) is 0.0360. The largest absolute Gasteiger partial charge is 0.465 e. The molecular formula is C27H39N5O5. The van der Waals surface area contributed by atoms with Crippen LogP contribution >= 0.6 is 0 Å². The first kappa shape index (κ1) is 28.3. The van der Waals surface area contributed by atoms with Gasteiger partial charge in [-0.3, -0.25) is 14.6 Å². The zero-order valence-electron chi connectivity index (χ0n) is 22.4. The van der Waals surface area contributed by atoms with Crippen molar-refractivity contribution in [2.24, 2.45) is 0 Å². The molecule has 1 saturated heterocycles. The molecule has 202 valence electrons. The molecule has 0 aliphatic carbocycles. The Hall–Kier alpha value is -3.24. The van der Waals surface area contributed by atoms with Gasteiger partial charge in [-0.25, -0.2) is 14.8 Å². The minimum atomic E-state index is -1.15. The molecule has 0 radical (unpaired) electrons. The summed E-state index contributed by atoms with van der Waals surface area (Å²) in [6.45, 7) is 11.7. The van der Waals surface area contributed by atoms with Gasteiger partial charge in [0.2, 0.25) is 5.95 Å². The molecule has 1 aromatic carbocycles. The number of esters is 1. The Kier molecular flexibility index (Phi) is 9.09. The fourth-order valence-electron chi connectivity index (χ4n) is 4.45. The number of ether oxygens (including phenoxy) is 1. The van der Waals surface area contributed by atoms with Gasteiger partial charge in [-0.05, 0) is 40.2 Å². The highest BCUT2D eigenvalue weighted by molar-refractivity contribution is 5.73. The van der Waals surface area contributed by atoms with E-state index in [1.165, 1.54) is 10.5 Å². The van der Waals surface area contributed by atoms with E-state index in [0.717, 1.165) is 13.1 Å². The van der Waals surface area contributed by atoms with Crippen LogP contribution in [-0.4, -0.2) is 85.5 Å². The number of benzene rings is 1. The summed E-state index contributed by atoms with van der Waals surface area (Å²) < 4.78 is 5.39. The molecule has 0 saturated carbocycles. The molecule has 3 rings (SSSR count). The number of carbonyl (C=O) groups excluding carboxylic acids is 1. The molecule has 1 aromatic heterocycles. The molecule has 2 N–H and O–H groups in total. The number of hydrogen-bond donors (Lipinski definition) is 2. The molecule has 2 aromatic rings. The maximum atomic E-state index is 12.4. The Morgan fingerprint density at radius 3 is 2.27 bits per heavy atom. The van der Waals surface area contributed by atoms with E-state index in [1.54, 1.807) is 47.0 Å². The minimum absolute atomic E-state index is 0.0257. The number of aliphatic hydroxyl groups is 1. The molecule has 1 unspecified atom stereocenters. The highest BCUT2D eigenvalue weighted by atomic mass is 16.6. The summed E-state index contributed by atoms with van der Waals surface area (Å²) in [5.41, 5.74) is 0.186. The third kappa shape index (κ3) is 8.13. The zero-order valence-corrected chi connectivity index (χ0v) is 22.4. The number of carbonyl (C=O) groups is 2. The van der Waals surface area contributed by atoms with E-state index in [9.17, 15) is 19.8 Å². The quantitative estimate of drug-likeness (QED) is 0.487. The topological polar surface area (TPSA) is 119 Å². The SMILES string of the molecule is CC(C)(C)OC(=O)CC(C)(C)N(Cc1cnc(N2CCN(Cc3ccccc3)CC2CO)nc1)C(=O)O. The second-order valence-corrected chi connectivity index (χ2v) is 11.1. The number of rotatable bonds is 9. The van der Waals surface area contributed by atoms with Crippen LogP contribution in [-0.2, 0) is 22.6 Å². The summed E-state index contributed by atoms with van der Waals surface area (Å²) in [4.78, 5) is 38.9. The zero-order chi connectivity index (χ0) is 27.2. The lowest BCUT2D eigenvalue weighted by molar-refractivity contribution is -0.157. The van der Waals surface area contributed by atoms with E-state index < -0.39 is 23.2 Å². The second-order valence-electron chi connectivity index (χ2n) is 11.1. The standard InChI is InChI=1S/C27H39N5O5/c1-26(2,3)37-23(34)13-27(4,5)32(25(35)36)17-21-14-28-24(29-15-21)31-12-11-30(18-22(31)19-33)16-20-9-7-6-8-10-20/h6-10,14-15,22,33H,11-13,16-19H2,1-5H3,(H,35,36). The molecule has 0 spiro atoms. The van der Waals surface area contributed by atoms with E-state index in [4.69, 9.17) is 4.74 Å². The van der Waals surface area contributed by atoms with Crippen molar-refractivity contribution in [3.63, 3.8) is 0 Å². The van der Waals surface area contributed by atoms with Crippen LogP contribution in [0, 0.1) is 0 Å². The van der Waals surface area contributed by atoms with Crippen LogP contribution in [0.2, 0.25) is 0 Å². The van der Waals surface area contributed by atoms with Gasteiger partial charge >= 0.3 is 12.1 Å². The number of aromatic nitrogens is 2. The minimum Gasteiger partial charge on any atom is -0.465 e. The first-order valence-electron chi connectivity index (χ1n) is 12.5. The van der Waals surface area contributed by atoms with E-state index in [2.05, 4.69) is 27.0 Å². The van der Waals surface area contributed by atoms with Gasteiger partial charge in [-0.15, -0.1) is 0 Å². The molecule has 1 fully saturated rings. The van der Waals surface area contributed by atoms with E-state index in [-0.39, 0.29) is 25.6 Å². The first-order valence-corrected chi connectivity index (χ1v) is 12.5. The maximum Gasteiger partial charge on any atom is 0.408 e. The average Bonchev–Trinajstić information content (AvgIpc) is 2.81. The van der Waals surface area contributed by atoms with E-state index in [1.807, 2.05) is 23.1 Å². The van der Waals surface area contributed by atoms with Crippen LogP contribution in [0.4, 0.5) is 10.7 Å². The van der Waals surface area contributed by atoms with Crippen LogP contribution in [0.25, 0.3) is 0 Å². The Morgan fingerprint density at radius 1 is 1.05 bits per heavy atom. The van der Waals surface area contributed by atoms with E-state index in [0.29, 0.717) is 24.6 Å². The number of anilines is 1. The molecule has 1 atom stereocenters. The highest BCUT2D eigenvalue weighted by Crippen LogP contribution is 2.25. The highest BCUT2D eigenvalue weighted by Gasteiger charge is 2.35.